The zero-order valence-corrected chi connectivity index (χ0v) is 10.9. The Balaban J connectivity index is 1.71. The number of ether oxygens (including phenoxy) is 1. The first-order valence-electron chi connectivity index (χ1n) is 7.02. The Labute approximate surface area is 109 Å². The highest BCUT2D eigenvalue weighted by Gasteiger charge is 2.14. The first kappa shape index (κ1) is 13.3. The lowest BCUT2D eigenvalue weighted by Gasteiger charge is -2.14. The first-order valence-corrected chi connectivity index (χ1v) is 7.02. The van der Waals surface area contributed by atoms with E-state index in [1.165, 1.54) is 25.7 Å². The van der Waals surface area contributed by atoms with Gasteiger partial charge in [0.1, 0.15) is 6.61 Å². The van der Waals surface area contributed by atoms with Crippen LogP contribution in [0.5, 0.6) is 0 Å². The topological polar surface area (TPSA) is 26.3 Å². The predicted octanol–water partition coefficient (Wildman–Crippen LogP) is 3.54. The van der Waals surface area contributed by atoms with Crippen molar-refractivity contribution in [2.75, 3.05) is 6.61 Å². The van der Waals surface area contributed by atoms with E-state index in [0.29, 0.717) is 12.5 Å². The Kier molecular flexibility index (Phi) is 5.40. The molecule has 0 saturated heterocycles. The summed E-state index contributed by atoms with van der Waals surface area (Å²) < 4.78 is 5.75. The summed E-state index contributed by atoms with van der Waals surface area (Å²) in [4.78, 5) is 11.8. The highest BCUT2D eigenvalue weighted by molar-refractivity contribution is 5.82. The molecule has 1 saturated carbocycles. The molecule has 1 aliphatic carbocycles. The Morgan fingerprint density at radius 3 is 2.39 bits per heavy atom. The third kappa shape index (κ3) is 4.61. The lowest BCUT2D eigenvalue weighted by atomic mass is 10.1. The predicted molar refractivity (Wildman–Crippen MR) is 72.6 cm³/mol. The first-order chi connectivity index (χ1) is 8.84. The van der Waals surface area contributed by atoms with Crippen molar-refractivity contribution < 1.29 is 9.53 Å². The van der Waals surface area contributed by atoms with Crippen LogP contribution in [0.3, 0.4) is 0 Å². The number of carbonyl (C=O) groups is 1. The van der Waals surface area contributed by atoms with Crippen molar-refractivity contribution in [3.63, 3.8) is 0 Å². The Morgan fingerprint density at radius 2 is 1.72 bits per heavy atom. The van der Waals surface area contributed by atoms with Crippen molar-refractivity contribution in [2.45, 2.75) is 51.0 Å². The molecule has 1 aliphatic rings. The number of hydrogen-bond acceptors (Lipinski definition) is 2. The third-order valence-corrected chi connectivity index (χ3v) is 3.53. The molecule has 1 aromatic carbocycles. The van der Waals surface area contributed by atoms with E-state index in [2.05, 4.69) is 0 Å². The maximum atomic E-state index is 11.8. The quantitative estimate of drug-likeness (QED) is 0.743. The fourth-order valence-electron chi connectivity index (χ4n) is 2.49. The van der Waals surface area contributed by atoms with Crippen LogP contribution in [-0.4, -0.2) is 18.5 Å². The molecule has 0 atom stereocenters. The zero-order chi connectivity index (χ0) is 12.6. The van der Waals surface area contributed by atoms with Crippen molar-refractivity contribution >= 4 is 5.78 Å². The van der Waals surface area contributed by atoms with E-state index in [0.717, 1.165) is 18.4 Å². The summed E-state index contributed by atoms with van der Waals surface area (Å²) in [6.07, 6.45) is 8.18. The molecular formula is C16H22O2. The largest absolute Gasteiger partial charge is 0.370 e. The summed E-state index contributed by atoms with van der Waals surface area (Å²) in [6.45, 7) is 0.277. The second-order valence-electron chi connectivity index (χ2n) is 5.13. The van der Waals surface area contributed by atoms with Gasteiger partial charge in [-0.3, -0.25) is 4.79 Å². The van der Waals surface area contributed by atoms with E-state index in [4.69, 9.17) is 4.74 Å². The van der Waals surface area contributed by atoms with Crippen molar-refractivity contribution in [1.29, 1.82) is 0 Å². The van der Waals surface area contributed by atoms with Crippen LogP contribution >= 0.6 is 0 Å². The number of ketones is 1. The number of Topliss-reactive ketones (excluding diaryl/α,β-unsaturated/α-hetero) is 1. The summed E-state index contributed by atoms with van der Waals surface area (Å²) in [6, 6.07) is 9.88. The molecule has 18 heavy (non-hydrogen) atoms. The van der Waals surface area contributed by atoms with E-state index >= 15 is 0 Å². The van der Waals surface area contributed by atoms with Crippen LogP contribution in [0.15, 0.2) is 30.3 Å². The monoisotopic (exact) mass is 246 g/mol. The van der Waals surface area contributed by atoms with Crippen molar-refractivity contribution in [3.05, 3.63) is 35.9 Å². The molecule has 1 aromatic rings. The van der Waals surface area contributed by atoms with Crippen molar-refractivity contribution in [1.82, 2.24) is 0 Å². The highest BCUT2D eigenvalue weighted by atomic mass is 16.5. The van der Waals surface area contributed by atoms with Gasteiger partial charge < -0.3 is 4.74 Å². The summed E-state index contributed by atoms with van der Waals surface area (Å²) >= 11 is 0. The standard InChI is InChI=1S/C16H22O2/c17-15(12-14-8-4-3-5-9-14)13-18-16-10-6-1-2-7-11-16/h3-5,8-9,16H,1-2,6-7,10-13H2. The normalized spacial score (nSPS) is 17.3. The molecule has 0 heterocycles. The van der Waals surface area contributed by atoms with Gasteiger partial charge in [0, 0.05) is 6.42 Å². The molecule has 0 spiro atoms. The van der Waals surface area contributed by atoms with E-state index in [9.17, 15) is 4.79 Å². The van der Waals surface area contributed by atoms with Crippen LogP contribution in [0.2, 0.25) is 0 Å². The van der Waals surface area contributed by atoms with E-state index < -0.39 is 0 Å². The van der Waals surface area contributed by atoms with Crippen LogP contribution in [-0.2, 0) is 16.0 Å². The van der Waals surface area contributed by atoms with Gasteiger partial charge in [0.25, 0.3) is 0 Å². The van der Waals surface area contributed by atoms with Gasteiger partial charge in [-0.25, -0.2) is 0 Å². The Hall–Kier alpha value is -1.15. The number of benzene rings is 1. The van der Waals surface area contributed by atoms with Gasteiger partial charge in [-0.05, 0) is 18.4 Å². The lowest BCUT2D eigenvalue weighted by molar-refractivity contribution is -0.125. The summed E-state index contributed by atoms with van der Waals surface area (Å²) in [5, 5.41) is 0. The molecule has 2 heteroatoms. The van der Waals surface area contributed by atoms with Gasteiger partial charge >= 0.3 is 0 Å². The van der Waals surface area contributed by atoms with Crippen LogP contribution in [0, 0.1) is 0 Å². The second-order valence-corrected chi connectivity index (χ2v) is 5.13. The third-order valence-electron chi connectivity index (χ3n) is 3.53. The number of carbonyl (C=O) groups excluding carboxylic acids is 1. The maximum absolute atomic E-state index is 11.8. The molecule has 0 N–H and O–H groups in total. The molecule has 0 aliphatic heterocycles. The smallest absolute Gasteiger partial charge is 0.162 e. The van der Waals surface area contributed by atoms with Crippen LogP contribution in [0.4, 0.5) is 0 Å². The molecule has 1 fully saturated rings. The average Bonchev–Trinajstić information content (AvgIpc) is 2.66. The minimum atomic E-state index is 0.186. The zero-order valence-electron chi connectivity index (χ0n) is 10.9. The van der Waals surface area contributed by atoms with Gasteiger partial charge in [-0.2, -0.15) is 0 Å². The highest BCUT2D eigenvalue weighted by Crippen LogP contribution is 2.19. The summed E-state index contributed by atoms with van der Waals surface area (Å²) in [5.41, 5.74) is 1.08. The Morgan fingerprint density at radius 1 is 1.06 bits per heavy atom. The van der Waals surface area contributed by atoms with Crippen LogP contribution in [0.25, 0.3) is 0 Å². The van der Waals surface area contributed by atoms with E-state index in [1.807, 2.05) is 30.3 Å². The molecule has 0 amide bonds. The molecule has 2 nitrogen and oxygen atoms in total. The van der Waals surface area contributed by atoms with Gasteiger partial charge in [0.05, 0.1) is 6.10 Å². The van der Waals surface area contributed by atoms with Crippen molar-refractivity contribution in [2.24, 2.45) is 0 Å². The Bertz CT molecular complexity index is 351. The minimum Gasteiger partial charge on any atom is -0.370 e. The van der Waals surface area contributed by atoms with Crippen molar-refractivity contribution in [3.8, 4) is 0 Å². The number of rotatable bonds is 5. The molecule has 0 unspecified atom stereocenters. The SMILES string of the molecule is O=C(COC1CCCCCC1)Cc1ccccc1. The maximum Gasteiger partial charge on any atom is 0.162 e. The van der Waals surface area contributed by atoms with E-state index in [-0.39, 0.29) is 12.4 Å². The fraction of sp³-hybridized carbons (Fsp3) is 0.562. The second kappa shape index (κ2) is 7.32. The molecular weight excluding hydrogens is 224 g/mol. The van der Waals surface area contributed by atoms with Crippen LogP contribution < -0.4 is 0 Å². The average molecular weight is 246 g/mol. The molecule has 0 radical (unpaired) electrons. The fourth-order valence-corrected chi connectivity index (χ4v) is 2.49. The van der Waals surface area contributed by atoms with Gasteiger partial charge in [0.15, 0.2) is 5.78 Å². The molecule has 98 valence electrons. The van der Waals surface area contributed by atoms with Gasteiger partial charge in [-0.1, -0.05) is 56.0 Å². The van der Waals surface area contributed by atoms with Crippen LogP contribution in [0.1, 0.15) is 44.1 Å². The summed E-state index contributed by atoms with van der Waals surface area (Å²) in [7, 11) is 0. The minimum absolute atomic E-state index is 0.186. The molecule has 0 aromatic heterocycles. The molecule has 0 bridgehead atoms. The number of hydrogen-bond donors (Lipinski definition) is 0. The van der Waals surface area contributed by atoms with E-state index in [1.54, 1.807) is 0 Å². The molecule has 2 rings (SSSR count). The van der Waals surface area contributed by atoms with Gasteiger partial charge in [0.2, 0.25) is 0 Å². The van der Waals surface area contributed by atoms with Gasteiger partial charge in [-0.15, -0.1) is 0 Å². The summed E-state index contributed by atoms with van der Waals surface area (Å²) in [5.74, 6) is 0.186. The lowest BCUT2D eigenvalue weighted by Crippen LogP contribution is -2.19.